The topological polar surface area (TPSA) is 0 Å². The van der Waals surface area contributed by atoms with Gasteiger partial charge in [0.15, 0.2) is 0 Å². The Kier molecular flexibility index (Phi) is 9.29. The molecule has 2 heteroatoms. The quantitative estimate of drug-likeness (QED) is 0.462. The Labute approximate surface area is 125 Å². The van der Waals surface area contributed by atoms with Crippen LogP contribution in [-0.4, -0.2) is 4.40 Å². The molecule has 0 nitrogen and oxygen atoms in total. The predicted molar refractivity (Wildman–Crippen MR) is 55.3 cm³/mol. The van der Waals surface area contributed by atoms with Crippen molar-refractivity contribution >= 4 is 4.40 Å². The molecule has 0 heterocycles. The van der Waals surface area contributed by atoms with Crippen LogP contribution in [0.25, 0.3) is 0 Å². The van der Waals surface area contributed by atoms with E-state index in [1.807, 2.05) is 6.92 Å². The predicted octanol–water partition coefficient (Wildman–Crippen LogP) is 3.34. The van der Waals surface area contributed by atoms with Gasteiger partial charge in [0.1, 0.15) is 0 Å². The zero-order valence-corrected chi connectivity index (χ0v) is 15.8. The maximum Gasteiger partial charge on any atom is 0 e. The third kappa shape index (κ3) is 5.29. The molecule has 0 aromatic heterocycles. The van der Waals surface area contributed by atoms with Gasteiger partial charge in [-0.3, -0.25) is 0 Å². The first-order chi connectivity index (χ1) is 5.84. The van der Waals surface area contributed by atoms with Gasteiger partial charge in [-0.1, -0.05) is 0 Å². The summed E-state index contributed by atoms with van der Waals surface area (Å²) >= 11 is 1.39. The van der Waals surface area contributed by atoms with Gasteiger partial charge >= 0.3 is 93.5 Å². The molecule has 0 fully saturated rings. The molecule has 0 N–H and O–H groups in total. The maximum atomic E-state index is 3.36. The standard InChI is InChI=1S/C12H18.W.Y/c1-8-9(2)10(3)11(4)12(5,6)7;;/h1-3,5-7H3;;/q-2;;/b11-10+;;. The van der Waals surface area contributed by atoms with Crippen LogP contribution in [0.5, 0.6) is 0 Å². The Balaban J connectivity index is 0. The van der Waals surface area contributed by atoms with Crippen LogP contribution in [0.15, 0.2) is 16.7 Å². The zero-order valence-electron chi connectivity index (χ0n) is 9.99. The van der Waals surface area contributed by atoms with Gasteiger partial charge in [0.25, 0.3) is 0 Å². The van der Waals surface area contributed by atoms with E-state index in [4.69, 9.17) is 0 Å². The van der Waals surface area contributed by atoms with Gasteiger partial charge in [-0.15, -0.1) is 0 Å². The molecule has 0 aromatic carbocycles. The van der Waals surface area contributed by atoms with E-state index >= 15 is 0 Å². The summed E-state index contributed by atoms with van der Waals surface area (Å²) < 4.78 is 3.36. The fraction of sp³-hybridized carbons (Fsp3) is 0.583. The largest absolute Gasteiger partial charge is 0 e. The summed E-state index contributed by atoms with van der Waals surface area (Å²) in [4.78, 5) is 0. The van der Waals surface area contributed by atoms with Crippen molar-refractivity contribution in [3.63, 3.8) is 0 Å². The van der Waals surface area contributed by atoms with Crippen molar-refractivity contribution in [3.8, 4) is 0 Å². The van der Waals surface area contributed by atoms with E-state index in [9.17, 15) is 0 Å². The average molecular weight is 435 g/mol. The van der Waals surface area contributed by atoms with Crippen molar-refractivity contribution in [1.82, 2.24) is 0 Å². The minimum Gasteiger partial charge on any atom is 0 e. The van der Waals surface area contributed by atoms with Gasteiger partial charge in [0.05, 0.1) is 0 Å². The normalized spacial score (nSPS) is 14.3. The van der Waals surface area contributed by atoms with Crippen molar-refractivity contribution in [3.05, 3.63) is 22.8 Å². The third-order valence-corrected chi connectivity index (χ3v) is 2.90. The minimum atomic E-state index is 0. The Morgan fingerprint density at radius 3 is 1.79 bits per heavy atom. The Bertz CT molecular complexity index is 254. The molecule has 0 saturated heterocycles. The van der Waals surface area contributed by atoms with Crippen LogP contribution in [0.3, 0.4) is 0 Å². The average Bonchev–Trinajstić information content (AvgIpc) is 2.01. The third-order valence-electron chi connectivity index (χ3n) is 2.16. The van der Waals surface area contributed by atoms with E-state index in [-0.39, 0.29) is 38.1 Å². The molecule has 0 unspecified atom stereocenters. The summed E-state index contributed by atoms with van der Waals surface area (Å²) in [6, 6.07) is 0. The summed E-state index contributed by atoms with van der Waals surface area (Å²) in [5.74, 6) is 0. The number of hydrogen-bond acceptors (Lipinski definition) is 0. The molecule has 1 radical (unpaired) electrons. The van der Waals surface area contributed by atoms with Crippen LogP contribution in [0.4, 0.5) is 0 Å². The van der Waals surface area contributed by atoms with Crippen molar-refractivity contribution in [1.29, 1.82) is 0 Å². The van der Waals surface area contributed by atoms with Gasteiger partial charge in [-0.2, -0.15) is 0 Å². The maximum absolute atomic E-state index is 3.36. The Morgan fingerprint density at radius 1 is 1.14 bits per heavy atom. The summed E-state index contributed by atoms with van der Waals surface area (Å²) in [7, 11) is 0. The fourth-order valence-corrected chi connectivity index (χ4v) is 2.82. The SMILES string of the molecule is C[C-]=C(C)/C(C)=C(\[C-]=[W])C(C)(C)C.[Y]. The van der Waals surface area contributed by atoms with Crippen LogP contribution >= 0.6 is 0 Å². The number of allylic oxidation sites excluding steroid dienone is 4. The molecule has 0 aliphatic carbocycles. The second-order valence-corrected chi connectivity index (χ2v) is 4.96. The van der Waals surface area contributed by atoms with E-state index < -0.39 is 0 Å². The zero-order chi connectivity index (χ0) is 10.6. The summed E-state index contributed by atoms with van der Waals surface area (Å²) in [5, 5.41) is 0. The van der Waals surface area contributed by atoms with E-state index in [1.165, 1.54) is 36.1 Å². The first-order valence-corrected chi connectivity index (χ1v) is 5.92. The molecular formula is C12H18WY-2. The second kappa shape index (κ2) is 7.42. The Hall–Kier alpha value is 1.14. The summed E-state index contributed by atoms with van der Waals surface area (Å²) in [6.07, 6.45) is 3.18. The molecule has 0 atom stereocenters. The fourth-order valence-electron chi connectivity index (χ4n) is 1.17. The minimum absolute atomic E-state index is 0. The Morgan fingerprint density at radius 2 is 1.57 bits per heavy atom. The van der Waals surface area contributed by atoms with Crippen molar-refractivity contribution in [2.24, 2.45) is 5.41 Å². The first-order valence-electron chi connectivity index (χ1n) is 4.45. The van der Waals surface area contributed by atoms with Crippen LogP contribution in [0, 0.1) is 11.5 Å². The van der Waals surface area contributed by atoms with Gasteiger partial charge in [-0.25, -0.2) is 0 Å². The van der Waals surface area contributed by atoms with E-state index in [2.05, 4.69) is 45.1 Å². The summed E-state index contributed by atoms with van der Waals surface area (Å²) in [5.41, 5.74) is 4.09. The molecule has 14 heavy (non-hydrogen) atoms. The molecule has 0 spiro atoms. The van der Waals surface area contributed by atoms with Crippen molar-refractivity contribution < 1.29 is 52.1 Å². The van der Waals surface area contributed by atoms with Gasteiger partial charge in [0.2, 0.25) is 0 Å². The van der Waals surface area contributed by atoms with E-state index in [0.717, 1.165) is 0 Å². The molecule has 0 amide bonds. The molecule has 0 rings (SSSR count). The second-order valence-electron chi connectivity index (χ2n) is 4.23. The number of hydrogen-bond donors (Lipinski definition) is 0. The van der Waals surface area contributed by atoms with Crippen molar-refractivity contribution in [2.45, 2.75) is 41.5 Å². The van der Waals surface area contributed by atoms with Crippen LogP contribution in [-0.2, 0) is 52.1 Å². The van der Waals surface area contributed by atoms with E-state index in [0.29, 0.717) is 0 Å². The molecule has 0 aliphatic rings. The molecule has 0 aliphatic heterocycles. The first kappa shape index (κ1) is 17.5. The molecule has 77 valence electrons. The van der Waals surface area contributed by atoms with Crippen LogP contribution < -0.4 is 0 Å². The smallest absolute Gasteiger partial charge is 0 e. The van der Waals surface area contributed by atoms with Gasteiger partial charge in [-0.05, 0) is 0 Å². The molecule has 0 saturated carbocycles. The van der Waals surface area contributed by atoms with Crippen molar-refractivity contribution in [2.75, 3.05) is 0 Å². The van der Waals surface area contributed by atoms with Gasteiger partial charge < -0.3 is 0 Å². The summed E-state index contributed by atoms with van der Waals surface area (Å²) in [6.45, 7) is 12.9. The monoisotopic (exact) mass is 435 g/mol. The molecular weight excluding hydrogens is 417 g/mol. The molecule has 0 bridgehead atoms. The van der Waals surface area contributed by atoms with Crippen LogP contribution in [0.2, 0.25) is 0 Å². The number of rotatable bonds is 2. The van der Waals surface area contributed by atoms with Crippen LogP contribution in [0.1, 0.15) is 41.5 Å². The molecule has 0 aromatic rings. The van der Waals surface area contributed by atoms with Gasteiger partial charge in [0, 0.05) is 32.7 Å². The van der Waals surface area contributed by atoms with E-state index in [1.54, 1.807) is 0 Å².